The van der Waals surface area contributed by atoms with Crippen molar-refractivity contribution in [3.63, 3.8) is 0 Å². The zero-order valence-corrected chi connectivity index (χ0v) is 10.7. The zero-order valence-electron chi connectivity index (χ0n) is 9.91. The number of nitriles is 1. The van der Waals surface area contributed by atoms with Gasteiger partial charge in [0.2, 0.25) is 0 Å². The van der Waals surface area contributed by atoms with Gasteiger partial charge < -0.3 is 10.2 Å². The lowest BCUT2D eigenvalue weighted by Gasteiger charge is -2.18. The van der Waals surface area contributed by atoms with Crippen LogP contribution < -0.4 is 0 Å². The van der Waals surface area contributed by atoms with Gasteiger partial charge in [-0.05, 0) is 12.5 Å². The minimum atomic E-state index is -1.17. The van der Waals surface area contributed by atoms with Crippen molar-refractivity contribution < 1.29 is 15.0 Å². The maximum atomic E-state index is 10.7. The SMILES string of the molecule is CC(=O)SCCC(O)C(O)c1cccnc1C#N. The molecule has 0 spiro atoms. The first kappa shape index (κ1) is 14.6. The summed E-state index contributed by atoms with van der Waals surface area (Å²) in [5.74, 6) is 0.426. The maximum absolute atomic E-state index is 10.7. The van der Waals surface area contributed by atoms with Gasteiger partial charge in [-0.25, -0.2) is 4.98 Å². The Kier molecular flexibility index (Phi) is 5.78. The molecule has 0 saturated heterocycles. The fraction of sp³-hybridized carbons (Fsp3) is 0.417. The van der Waals surface area contributed by atoms with Crippen LogP contribution in [0, 0.1) is 11.3 Å². The molecule has 18 heavy (non-hydrogen) atoms. The number of hydrogen-bond donors (Lipinski definition) is 2. The minimum absolute atomic E-state index is 0.0317. The lowest BCUT2D eigenvalue weighted by molar-refractivity contribution is -0.109. The summed E-state index contributed by atoms with van der Waals surface area (Å²) in [6.45, 7) is 1.45. The third-order valence-electron chi connectivity index (χ3n) is 2.35. The van der Waals surface area contributed by atoms with Gasteiger partial charge in [0.25, 0.3) is 0 Å². The second-order valence-corrected chi connectivity index (χ2v) is 4.97. The first-order valence-electron chi connectivity index (χ1n) is 5.40. The summed E-state index contributed by atoms with van der Waals surface area (Å²) in [6, 6.07) is 5.01. The largest absolute Gasteiger partial charge is 0.390 e. The van der Waals surface area contributed by atoms with Crippen molar-refractivity contribution in [2.45, 2.75) is 25.6 Å². The van der Waals surface area contributed by atoms with Crippen molar-refractivity contribution in [1.29, 1.82) is 5.26 Å². The number of aromatic nitrogens is 1. The smallest absolute Gasteiger partial charge is 0.185 e. The molecular weight excluding hydrogens is 252 g/mol. The predicted molar refractivity (Wildman–Crippen MR) is 67.7 cm³/mol. The average Bonchev–Trinajstić information content (AvgIpc) is 2.37. The minimum Gasteiger partial charge on any atom is -0.390 e. The van der Waals surface area contributed by atoms with E-state index in [0.717, 1.165) is 11.8 Å². The number of thioether (sulfide) groups is 1. The molecule has 0 saturated carbocycles. The lowest BCUT2D eigenvalue weighted by Crippen LogP contribution is -2.20. The molecule has 96 valence electrons. The highest BCUT2D eigenvalue weighted by molar-refractivity contribution is 8.13. The molecule has 1 heterocycles. The molecule has 5 nitrogen and oxygen atoms in total. The summed E-state index contributed by atoms with van der Waals surface area (Å²) in [5.41, 5.74) is 0.406. The monoisotopic (exact) mass is 266 g/mol. The number of carbonyl (C=O) groups is 1. The molecule has 0 aromatic carbocycles. The van der Waals surface area contributed by atoms with Crippen LogP contribution in [-0.2, 0) is 4.79 Å². The lowest BCUT2D eigenvalue weighted by atomic mass is 10.0. The molecule has 0 aliphatic carbocycles. The molecule has 0 bridgehead atoms. The normalized spacial score (nSPS) is 13.7. The molecule has 2 unspecified atom stereocenters. The molecule has 2 N–H and O–H groups in total. The van der Waals surface area contributed by atoms with Gasteiger partial charge in [-0.1, -0.05) is 17.8 Å². The number of nitrogens with zero attached hydrogens (tertiary/aromatic N) is 2. The van der Waals surface area contributed by atoms with Gasteiger partial charge in [0.05, 0.1) is 6.10 Å². The van der Waals surface area contributed by atoms with Crippen LogP contribution in [0.25, 0.3) is 0 Å². The van der Waals surface area contributed by atoms with E-state index >= 15 is 0 Å². The summed E-state index contributed by atoms with van der Waals surface area (Å²) >= 11 is 1.09. The third kappa shape index (κ3) is 4.11. The third-order valence-corrected chi connectivity index (χ3v) is 3.19. The Morgan fingerprint density at radius 1 is 1.61 bits per heavy atom. The van der Waals surface area contributed by atoms with E-state index in [1.54, 1.807) is 12.1 Å². The van der Waals surface area contributed by atoms with Crippen LogP contribution in [0.2, 0.25) is 0 Å². The summed E-state index contributed by atoms with van der Waals surface area (Å²) in [7, 11) is 0. The Morgan fingerprint density at radius 2 is 2.33 bits per heavy atom. The van der Waals surface area contributed by atoms with E-state index in [0.29, 0.717) is 11.3 Å². The van der Waals surface area contributed by atoms with Crippen molar-refractivity contribution in [2.24, 2.45) is 0 Å². The summed E-state index contributed by atoms with van der Waals surface area (Å²) in [5, 5.41) is 28.5. The Hall–Kier alpha value is -1.42. The Bertz CT molecular complexity index is 459. The number of carbonyl (C=O) groups excluding carboxylic acids is 1. The number of aliphatic hydroxyl groups is 2. The molecule has 1 rings (SSSR count). The Labute approximate surface area is 109 Å². The molecule has 0 radical (unpaired) electrons. The highest BCUT2D eigenvalue weighted by atomic mass is 32.2. The fourth-order valence-electron chi connectivity index (χ4n) is 1.44. The van der Waals surface area contributed by atoms with Crippen molar-refractivity contribution >= 4 is 16.9 Å². The van der Waals surface area contributed by atoms with E-state index < -0.39 is 12.2 Å². The molecule has 1 aromatic heterocycles. The molecule has 0 amide bonds. The Balaban J connectivity index is 2.65. The van der Waals surface area contributed by atoms with Gasteiger partial charge in [-0.3, -0.25) is 4.79 Å². The van der Waals surface area contributed by atoms with Crippen molar-refractivity contribution in [3.05, 3.63) is 29.6 Å². The fourth-order valence-corrected chi connectivity index (χ4v) is 2.09. The summed E-state index contributed by atoms with van der Waals surface area (Å²) in [4.78, 5) is 14.5. The number of aliphatic hydroxyl groups excluding tert-OH is 2. The number of pyridine rings is 1. The second kappa shape index (κ2) is 7.11. The summed E-state index contributed by atoms with van der Waals surface area (Å²) < 4.78 is 0. The van der Waals surface area contributed by atoms with Crippen molar-refractivity contribution in [3.8, 4) is 6.07 Å². The predicted octanol–water partition coefficient (Wildman–Crippen LogP) is 1.02. The average molecular weight is 266 g/mol. The second-order valence-electron chi connectivity index (χ2n) is 3.69. The van der Waals surface area contributed by atoms with E-state index in [2.05, 4.69) is 4.98 Å². The van der Waals surface area contributed by atoms with Crippen LogP contribution in [0.4, 0.5) is 0 Å². The van der Waals surface area contributed by atoms with Crippen LogP contribution in [0.3, 0.4) is 0 Å². The van der Waals surface area contributed by atoms with E-state index in [9.17, 15) is 15.0 Å². The molecule has 0 aliphatic heterocycles. The first-order chi connectivity index (χ1) is 8.56. The van der Waals surface area contributed by atoms with Gasteiger partial charge in [-0.15, -0.1) is 0 Å². The standard InChI is InChI=1S/C12H14N2O3S/c1-8(15)18-6-4-11(16)12(17)9-3-2-5-14-10(9)7-13/h2-3,5,11-12,16-17H,4,6H2,1H3. The van der Waals surface area contributed by atoms with Gasteiger partial charge in [0.1, 0.15) is 17.9 Å². The first-order valence-corrected chi connectivity index (χ1v) is 6.39. The van der Waals surface area contributed by atoms with E-state index in [-0.39, 0.29) is 17.2 Å². The van der Waals surface area contributed by atoms with Crippen molar-refractivity contribution in [1.82, 2.24) is 4.98 Å². The van der Waals surface area contributed by atoms with Crippen LogP contribution >= 0.6 is 11.8 Å². The van der Waals surface area contributed by atoms with E-state index in [1.807, 2.05) is 6.07 Å². The van der Waals surface area contributed by atoms with Crippen LogP contribution in [0.15, 0.2) is 18.3 Å². The van der Waals surface area contributed by atoms with Crippen molar-refractivity contribution in [2.75, 3.05) is 5.75 Å². The van der Waals surface area contributed by atoms with Crippen LogP contribution in [0.5, 0.6) is 0 Å². The van der Waals surface area contributed by atoms with Crippen LogP contribution in [0.1, 0.15) is 30.7 Å². The zero-order chi connectivity index (χ0) is 13.5. The topological polar surface area (TPSA) is 94.2 Å². The highest BCUT2D eigenvalue weighted by Crippen LogP contribution is 2.22. The van der Waals surface area contributed by atoms with Gasteiger partial charge in [0, 0.05) is 24.4 Å². The maximum Gasteiger partial charge on any atom is 0.185 e. The highest BCUT2D eigenvalue weighted by Gasteiger charge is 2.21. The van der Waals surface area contributed by atoms with E-state index in [4.69, 9.17) is 5.26 Å². The molecule has 0 aliphatic rings. The number of rotatable bonds is 5. The molecule has 0 fully saturated rings. The van der Waals surface area contributed by atoms with Gasteiger partial charge in [-0.2, -0.15) is 5.26 Å². The quantitative estimate of drug-likeness (QED) is 0.826. The van der Waals surface area contributed by atoms with Crippen LogP contribution in [-0.4, -0.2) is 32.2 Å². The molecular formula is C12H14N2O3S. The number of hydrogen-bond acceptors (Lipinski definition) is 6. The molecule has 1 aromatic rings. The Morgan fingerprint density at radius 3 is 2.94 bits per heavy atom. The molecule has 2 atom stereocenters. The van der Waals surface area contributed by atoms with Gasteiger partial charge in [0.15, 0.2) is 5.12 Å². The molecule has 6 heteroatoms. The van der Waals surface area contributed by atoms with E-state index in [1.165, 1.54) is 13.1 Å². The van der Waals surface area contributed by atoms with Gasteiger partial charge >= 0.3 is 0 Å². The summed E-state index contributed by atoms with van der Waals surface area (Å²) in [6.07, 6.45) is -0.466.